The molecule has 0 spiro atoms. The first-order chi connectivity index (χ1) is 14.7. The summed E-state index contributed by atoms with van der Waals surface area (Å²) in [6, 6.07) is 9.64. The first kappa shape index (κ1) is 24.4. The van der Waals surface area contributed by atoms with Crippen LogP contribution in [0.5, 0.6) is 0 Å². The molecule has 2 N–H and O–H groups in total. The maximum atomic E-state index is 12.9. The maximum Gasteiger partial charge on any atom is 0.317 e. The van der Waals surface area contributed by atoms with Gasteiger partial charge in [0.2, 0.25) is 5.91 Å². The van der Waals surface area contributed by atoms with Gasteiger partial charge in [-0.2, -0.15) is 5.10 Å². The molecule has 0 saturated heterocycles. The van der Waals surface area contributed by atoms with E-state index in [1.807, 2.05) is 44.2 Å². The van der Waals surface area contributed by atoms with Gasteiger partial charge in [-0.05, 0) is 31.4 Å². The molecule has 31 heavy (non-hydrogen) atoms. The van der Waals surface area contributed by atoms with Crippen molar-refractivity contribution in [2.45, 2.75) is 66.2 Å². The van der Waals surface area contributed by atoms with Gasteiger partial charge in [-0.15, -0.1) is 0 Å². The van der Waals surface area contributed by atoms with E-state index in [0.29, 0.717) is 18.9 Å². The van der Waals surface area contributed by atoms with Crippen LogP contribution in [0, 0.1) is 6.92 Å². The quantitative estimate of drug-likeness (QED) is 0.572. The van der Waals surface area contributed by atoms with Crippen molar-refractivity contribution in [3.63, 3.8) is 0 Å². The summed E-state index contributed by atoms with van der Waals surface area (Å²) in [5, 5.41) is 10.7. The molecule has 0 atom stereocenters. The van der Waals surface area contributed by atoms with Crippen molar-refractivity contribution in [2.24, 2.45) is 0 Å². The highest BCUT2D eigenvalue weighted by molar-refractivity contribution is 5.94. The number of aromatic nitrogens is 2. The summed E-state index contributed by atoms with van der Waals surface area (Å²) in [5.41, 5.74) is 2.69. The van der Waals surface area contributed by atoms with E-state index < -0.39 is 0 Å². The van der Waals surface area contributed by atoms with E-state index in [4.69, 9.17) is 5.10 Å². The van der Waals surface area contributed by atoms with Crippen molar-refractivity contribution in [3.8, 4) is 5.69 Å². The van der Waals surface area contributed by atoms with E-state index in [1.165, 1.54) is 0 Å². The second-order valence-corrected chi connectivity index (χ2v) is 8.92. The van der Waals surface area contributed by atoms with Crippen molar-refractivity contribution in [3.05, 3.63) is 41.6 Å². The van der Waals surface area contributed by atoms with Crippen LogP contribution in [-0.4, -0.2) is 46.3 Å². The highest BCUT2D eigenvalue weighted by atomic mass is 16.2. The molecule has 3 amide bonds. The van der Waals surface area contributed by atoms with Crippen molar-refractivity contribution >= 4 is 17.8 Å². The number of para-hydroxylation sites is 1. The molecule has 0 saturated carbocycles. The predicted octanol–water partition coefficient (Wildman–Crippen LogP) is 4.64. The summed E-state index contributed by atoms with van der Waals surface area (Å²) >= 11 is 0. The van der Waals surface area contributed by atoms with E-state index in [0.717, 1.165) is 36.2 Å². The van der Waals surface area contributed by atoms with E-state index in [2.05, 4.69) is 38.3 Å². The number of nitrogens with zero attached hydrogens (tertiary/aromatic N) is 3. The fourth-order valence-corrected chi connectivity index (χ4v) is 3.18. The molecule has 170 valence electrons. The van der Waals surface area contributed by atoms with Crippen molar-refractivity contribution in [2.75, 3.05) is 25.0 Å². The van der Waals surface area contributed by atoms with Gasteiger partial charge >= 0.3 is 6.03 Å². The molecule has 0 bridgehead atoms. The lowest BCUT2D eigenvalue weighted by molar-refractivity contribution is -0.116. The molecule has 2 rings (SSSR count). The summed E-state index contributed by atoms with van der Waals surface area (Å²) in [6.07, 6.45) is 2.71. The van der Waals surface area contributed by atoms with Crippen LogP contribution in [-0.2, 0) is 10.2 Å². The van der Waals surface area contributed by atoms with Crippen LogP contribution in [0.3, 0.4) is 0 Å². The zero-order valence-electron chi connectivity index (χ0n) is 19.8. The first-order valence-corrected chi connectivity index (χ1v) is 11.2. The Morgan fingerprint density at radius 1 is 1.13 bits per heavy atom. The van der Waals surface area contributed by atoms with Gasteiger partial charge in [0.25, 0.3) is 0 Å². The zero-order valence-corrected chi connectivity index (χ0v) is 19.8. The van der Waals surface area contributed by atoms with Crippen LogP contribution in [0.2, 0.25) is 0 Å². The number of unbranched alkanes of at least 4 members (excludes halogenated alkanes) is 1. The van der Waals surface area contributed by atoms with Crippen LogP contribution >= 0.6 is 0 Å². The van der Waals surface area contributed by atoms with Gasteiger partial charge in [0.1, 0.15) is 12.4 Å². The summed E-state index contributed by atoms with van der Waals surface area (Å²) in [6.45, 7) is 13.5. The molecular weight excluding hydrogens is 390 g/mol. The molecule has 0 fully saturated rings. The van der Waals surface area contributed by atoms with Crippen LogP contribution < -0.4 is 10.6 Å². The SMILES string of the molecule is CCCCNC(=O)N(CCC)CC(=O)Nc1cc(C(C)(C)C)nn1-c1ccccc1C. The third-order valence-electron chi connectivity index (χ3n) is 5.01. The van der Waals surface area contributed by atoms with E-state index >= 15 is 0 Å². The maximum absolute atomic E-state index is 12.9. The van der Waals surface area contributed by atoms with Crippen molar-refractivity contribution in [1.82, 2.24) is 20.0 Å². The molecule has 0 aliphatic carbocycles. The zero-order chi connectivity index (χ0) is 23.0. The number of hydrogen-bond donors (Lipinski definition) is 2. The molecule has 7 heteroatoms. The Morgan fingerprint density at radius 2 is 1.84 bits per heavy atom. The van der Waals surface area contributed by atoms with Gasteiger partial charge in [0.05, 0.1) is 11.4 Å². The van der Waals surface area contributed by atoms with E-state index in [-0.39, 0.29) is 23.9 Å². The molecule has 1 aromatic carbocycles. The lowest BCUT2D eigenvalue weighted by Gasteiger charge is -2.22. The largest absolute Gasteiger partial charge is 0.338 e. The molecule has 1 heterocycles. The molecular formula is C24H37N5O2. The van der Waals surface area contributed by atoms with Crippen LogP contribution in [0.1, 0.15) is 65.1 Å². The summed E-state index contributed by atoms with van der Waals surface area (Å²) in [5.74, 6) is 0.362. The number of amides is 3. The number of carbonyl (C=O) groups is 2. The Kier molecular flexibility index (Phi) is 8.65. The Hall–Kier alpha value is -2.83. The summed E-state index contributed by atoms with van der Waals surface area (Å²) < 4.78 is 1.78. The smallest absolute Gasteiger partial charge is 0.317 e. The normalized spacial score (nSPS) is 11.3. The van der Waals surface area contributed by atoms with Crippen molar-refractivity contribution in [1.29, 1.82) is 0 Å². The second-order valence-electron chi connectivity index (χ2n) is 8.92. The van der Waals surface area contributed by atoms with Gasteiger partial charge in [0.15, 0.2) is 0 Å². The molecule has 0 radical (unpaired) electrons. The number of urea groups is 1. The van der Waals surface area contributed by atoms with Gasteiger partial charge in [0, 0.05) is 24.6 Å². The Morgan fingerprint density at radius 3 is 2.45 bits per heavy atom. The summed E-state index contributed by atoms with van der Waals surface area (Å²) in [4.78, 5) is 26.9. The Labute approximate surface area is 186 Å². The van der Waals surface area contributed by atoms with Gasteiger partial charge in [-0.1, -0.05) is 59.2 Å². The average molecular weight is 428 g/mol. The molecule has 0 aliphatic rings. The molecule has 7 nitrogen and oxygen atoms in total. The number of nitrogens with one attached hydrogen (secondary N) is 2. The third kappa shape index (κ3) is 6.84. The minimum atomic E-state index is -0.241. The standard InChI is InChI=1S/C24H37N5O2/c1-7-9-14-25-23(31)28(15-8-2)17-22(30)26-21-16-20(24(4,5)6)27-29(21)19-13-11-10-12-18(19)3/h10-13,16H,7-9,14-15,17H2,1-6H3,(H,25,31)(H,26,30). The molecule has 0 aliphatic heterocycles. The minimum Gasteiger partial charge on any atom is -0.338 e. The topological polar surface area (TPSA) is 79.3 Å². The predicted molar refractivity (Wildman–Crippen MR) is 126 cm³/mol. The second kappa shape index (κ2) is 11.0. The van der Waals surface area contributed by atoms with Crippen LogP contribution in [0.15, 0.2) is 30.3 Å². The van der Waals surface area contributed by atoms with Gasteiger partial charge < -0.3 is 15.5 Å². The number of carbonyl (C=O) groups excluding carboxylic acids is 2. The monoisotopic (exact) mass is 427 g/mol. The first-order valence-electron chi connectivity index (χ1n) is 11.2. The van der Waals surface area contributed by atoms with Crippen LogP contribution in [0.25, 0.3) is 5.69 Å². The highest BCUT2D eigenvalue weighted by Gasteiger charge is 2.23. The average Bonchev–Trinajstić information content (AvgIpc) is 3.12. The fourth-order valence-electron chi connectivity index (χ4n) is 3.18. The third-order valence-corrected chi connectivity index (χ3v) is 5.01. The van der Waals surface area contributed by atoms with E-state index in [1.54, 1.807) is 9.58 Å². The number of anilines is 1. The van der Waals surface area contributed by atoms with Crippen LogP contribution in [0.4, 0.5) is 10.6 Å². The summed E-state index contributed by atoms with van der Waals surface area (Å²) in [7, 11) is 0. The Bertz CT molecular complexity index is 882. The lowest BCUT2D eigenvalue weighted by Crippen LogP contribution is -2.44. The number of hydrogen-bond acceptors (Lipinski definition) is 3. The highest BCUT2D eigenvalue weighted by Crippen LogP contribution is 2.27. The molecule has 2 aromatic rings. The van der Waals surface area contributed by atoms with E-state index in [9.17, 15) is 9.59 Å². The van der Waals surface area contributed by atoms with Crippen molar-refractivity contribution < 1.29 is 9.59 Å². The number of rotatable bonds is 9. The van der Waals surface area contributed by atoms with Gasteiger partial charge in [-0.3, -0.25) is 4.79 Å². The molecule has 0 unspecified atom stereocenters. The molecule has 1 aromatic heterocycles. The minimum absolute atomic E-state index is 0.00436. The lowest BCUT2D eigenvalue weighted by atomic mass is 9.92. The number of aryl methyl sites for hydroxylation is 1. The number of benzene rings is 1. The van der Waals surface area contributed by atoms with Gasteiger partial charge in [-0.25, -0.2) is 9.48 Å². The fraction of sp³-hybridized carbons (Fsp3) is 0.542. The Balaban J connectivity index is 2.23.